The monoisotopic (exact) mass is 313 g/mol. The number of ether oxygens (including phenoxy) is 2. The molecule has 2 atom stereocenters. The molecule has 0 radical (unpaired) electrons. The largest absolute Gasteiger partial charge is 0.390 e. The van der Waals surface area contributed by atoms with E-state index in [0.717, 1.165) is 9.86 Å². The molecule has 1 aromatic carbocycles. The second-order valence-electron chi connectivity index (χ2n) is 4.51. The second kappa shape index (κ2) is 7.95. The third kappa shape index (κ3) is 4.71. The minimum Gasteiger partial charge on any atom is -0.390 e. The SMILES string of the molecule is COCC(C)OCC(O)CSc1nc2ccccc2s1. The molecule has 0 fully saturated rings. The van der Waals surface area contributed by atoms with Crippen LogP contribution >= 0.6 is 23.1 Å². The minimum atomic E-state index is -0.494. The van der Waals surface area contributed by atoms with Crippen molar-refractivity contribution >= 4 is 33.3 Å². The molecule has 0 saturated carbocycles. The number of aliphatic hydroxyl groups is 1. The van der Waals surface area contributed by atoms with E-state index >= 15 is 0 Å². The topological polar surface area (TPSA) is 51.6 Å². The van der Waals surface area contributed by atoms with Gasteiger partial charge in [0.25, 0.3) is 0 Å². The molecular weight excluding hydrogens is 294 g/mol. The van der Waals surface area contributed by atoms with Gasteiger partial charge in [0.1, 0.15) is 0 Å². The fourth-order valence-electron chi connectivity index (χ4n) is 1.69. The summed E-state index contributed by atoms with van der Waals surface area (Å²) in [5.74, 6) is 0.583. The summed E-state index contributed by atoms with van der Waals surface area (Å²) in [5.41, 5.74) is 1.01. The molecule has 0 bridgehead atoms. The number of aliphatic hydroxyl groups excluding tert-OH is 1. The van der Waals surface area contributed by atoms with Gasteiger partial charge in [-0.15, -0.1) is 11.3 Å². The first-order valence-corrected chi connectivity index (χ1v) is 8.26. The van der Waals surface area contributed by atoms with Crippen LogP contribution in [0.1, 0.15) is 6.92 Å². The summed E-state index contributed by atoms with van der Waals surface area (Å²) in [4.78, 5) is 4.52. The maximum Gasteiger partial charge on any atom is 0.151 e. The lowest BCUT2D eigenvalue weighted by atomic mass is 10.3. The van der Waals surface area contributed by atoms with Gasteiger partial charge in [-0.2, -0.15) is 0 Å². The Hall–Kier alpha value is -0.660. The maximum absolute atomic E-state index is 9.89. The Morgan fingerprint density at radius 1 is 1.35 bits per heavy atom. The summed E-state index contributed by atoms with van der Waals surface area (Å²) in [6.07, 6.45) is -0.492. The molecule has 110 valence electrons. The number of thioether (sulfide) groups is 1. The average molecular weight is 313 g/mol. The number of benzene rings is 1. The highest BCUT2D eigenvalue weighted by atomic mass is 32.2. The van der Waals surface area contributed by atoms with Crippen LogP contribution in [-0.4, -0.2) is 48.4 Å². The van der Waals surface area contributed by atoms with Gasteiger partial charge in [-0.05, 0) is 19.1 Å². The first-order valence-electron chi connectivity index (χ1n) is 6.46. The van der Waals surface area contributed by atoms with Gasteiger partial charge in [-0.3, -0.25) is 0 Å². The number of nitrogens with zero attached hydrogens (tertiary/aromatic N) is 1. The van der Waals surface area contributed by atoms with Gasteiger partial charge < -0.3 is 14.6 Å². The Balaban J connectivity index is 1.76. The Morgan fingerprint density at radius 3 is 2.90 bits per heavy atom. The van der Waals surface area contributed by atoms with Gasteiger partial charge in [0.2, 0.25) is 0 Å². The molecule has 4 nitrogen and oxygen atoms in total. The van der Waals surface area contributed by atoms with E-state index in [0.29, 0.717) is 19.0 Å². The van der Waals surface area contributed by atoms with Gasteiger partial charge in [-0.1, -0.05) is 23.9 Å². The molecular formula is C14H19NO3S2. The van der Waals surface area contributed by atoms with E-state index in [4.69, 9.17) is 9.47 Å². The number of methoxy groups -OCH3 is 1. The lowest BCUT2D eigenvalue weighted by molar-refractivity contribution is -0.0257. The Morgan fingerprint density at radius 2 is 2.15 bits per heavy atom. The third-order valence-corrected chi connectivity index (χ3v) is 4.97. The molecule has 2 rings (SSSR count). The average Bonchev–Trinajstić information content (AvgIpc) is 2.86. The zero-order valence-electron chi connectivity index (χ0n) is 11.6. The van der Waals surface area contributed by atoms with Crippen LogP contribution in [0.5, 0.6) is 0 Å². The molecule has 0 aliphatic heterocycles. The molecule has 1 N–H and O–H groups in total. The van der Waals surface area contributed by atoms with Crippen molar-refractivity contribution in [3.8, 4) is 0 Å². The summed E-state index contributed by atoms with van der Waals surface area (Å²) in [5, 5.41) is 9.89. The first-order chi connectivity index (χ1) is 9.69. The number of thiazole rings is 1. The van der Waals surface area contributed by atoms with Crippen molar-refractivity contribution in [2.75, 3.05) is 26.1 Å². The number of hydrogen-bond acceptors (Lipinski definition) is 6. The fraction of sp³-hybridized carbons (Fsp3) is 0.500. The molecule has 1 heterocycles. The zero-order valence-corrected chi connectivity index (χ0v) is 13.2. The summed E-state index contributed by atoms with van der Waals surface area (Å²) >= 11 is 3.22. The van der Waals surface area contributed by atoms with Crippen molar-refractivity contribution in [2.24, 2.45) is 0 Å². The van der Waals surface area contributed by atoms with Gasteiger partial charge in [0, 0.05) is 12.9 Å². The molecule has 0 amide bonds. The summed E-state index contributed by atoms with van der Waals surface area (Å²) in [6, 6.07) is 8.05. The van der Waals surface area contributed by atoms with Crippen molar-refractivity contribution in [3.63, 3.8) is 0 Å². The fourth-order valence-corrected chi connectivity index (χ4v) is 3.69. The summed E-state index contributed by atoms with van der Waals surface area (Å²) in [6.45, 7) is 2.79. The second-order valence-corrected chi connectivity index (χ2v) is 6.81. The predicted octanol–water partition coefficient (Wildman–Crippen LogP) is 2.80. The summed E-state index contributed by atoms with van der Waals surface area (Å²) in [7, 11) is 1.64. The number of rotatable bonds is 8. The van der Waals surface area contributed by atoms with E-state index in [1.165, 1.54) is 4.70 Å². The molecule has 0 saturated heterocycles. The normalized spacial score (nSPS) is 14.6. The van der Waals surface area contributed by atoms with Gasteiger partial charge >= 0.3 is 0 Å². The Labute approximate surface area is 127 Å². The molecule has 6 heteroatoms. The van der Waals surface area contributed by atoms with Gasteiger partial charge in [0.15, 0.2) is 4.34 Å². The Kier molecular flexibility index (Phi) is 6.25. The Bertz CT molecular complexity index is 499. The molecule has 2 aromatic rings. The molecule has 20 heavy (non-hydrogen) atoms. The van der Waals surface area contributed by atoms with E-state index in [1.807, 2.05) is 25.1 Å². The highest BCUT2D eigenvalue weighted by Gasteiger charge is 2.10. The van der Waals surface area contributed by atoms with Crippen LogP contribution in [0.15, 0.2) is 28.6 Å². The first kappa shape index (κ1) is 15.7. The van der Waals surface area contributed by atoms with E-state index in [-0.39, 0.29) is 6.10 Å². The van der Waals surface area contributed by atoms with Crippen LogP contribution in [0.3, 0.4) is 0 Å². The molecule has 0 spiro atoms. The van der Waals surface area contributed by atoms with Crippen molar-refractivity contribution in [2.45, 2.75) is 23.5 Å². The zero-order chi connectivity index (χ0) is 14.4. The van der Waals surface area contributed by atoms with Crippen molar-refractivity contribution in [3.05, 3.63) is 24.3 Å². The predicted molar refractivity (Wildman–Crippen MR) is 83.6 cm³/mol. The highest BCUT2D eigenvalue weighted by molar-refractivity contribution is 8.01. The van der Waals surface area contributed by atoms with Crippen molar-refractivity contribution in [1.82, 2.24) is 4.98 Å². The minimum absolute atomic E-state index is 0.00195. The lowest BCUT2D eigenvalue weighted by Crippen LogP contribution is -2.24. The van der Waals surface area contributed by atoms with Crippen LogP contribution < -0.4 is 0 Å². The molecule has 0 aliphatic rings. The molecule has 2 unspecified atom stereocenters. The molecule has 1 aromatic heterocycles. The highest BCUT2D eigenvalue weighted by Crippen LogP contribution is 2.29. The van der Waals surface area contributed by atoms with Crippen LogP contribution in [0.2, 0.25) is 0 Å². The van der Waals surface area contributed by atoms with Gasteiger partial charge in [-0.25, -0.2) is 4.98 Å². The third-order valence-electron chi connectivity index (χ3n) is 2.65. The number of hydrogen-bond donors (Lipinski definition) is 1. The van der Waals surface area contributed by atoms with Gasteiger partial charge in [0.05, 0.1) is 35.6 Å². The van der Waals surface area contributed by atoms with E-state index in [9.17, 15) is 5.11 Å². The van der Waals surface area contributed by atoms with E-state index in [2.05, 4.69) is 11.1 Å². The van der Waals surface area contributed by atoms with Crippen molar-refractivity contribution in [1.29, 1.82) is 0 Å². The van der Waals surface area contributed by atoms with E-state index in [1.54, 1.807) is 30.2 Å². The molecule has 0 aliphatic carbocycles. The van der Waals surface area contributed by atoms with Crippen LogP contribution in [0.4, 0.5) is 0 Å². The van der Waals surface area contributed by atoms with Crippen LogP contribution in [0.25, 0.3) is 10.2 Å². The number of para-hydroxylation sites is 1. The van der Waals surface area contributed by atoms with E-state index < -0.39 is 6.10 Å². The van der Waals surface area contributed by atoms with Crippen LogP contribution in [-0.2, 0) is 9.47 Å². The standard InChI is InChI=1S/C14H19NO3S2/c1-10(7-17-2)18-8-11(16)9-19-14-15-12-5-3-4-6-13(12)20-14/h3-6,10-11,16H,7-9H2,1-2H3. The number of fused-ring (bicyclic) bond motifs is 1. The maximum atomic E-state index is 9.89. The number of aromatic nitrogens is 1. The van der Waals surface area contributed by atoms with Crippen LogP contribution in [0, 0.1) is 0 Å². The van der Waals surface area contributed by atoms with Crippen molar-refractivity contribution < 1.29 is 14.6 Å². The smallest absolute Gasteiger partial charge is 0.151 e. The lowest BCUT2D eigenvalue weighted by Gasteiger charge is -2.15. The summed E-state index contributed by atoms with van der Waals surface area (Å²) < 4.78 is 12.6. The quantitative estimate of drug-likeness (QED) is 0.760.